The molecule has 0 spiro atoms. The Morgan fingerprint density at radius 3 is 2.48 bits per heavy atom. The van der Waals surface area contributed by atoms with Crippen LogP contribution >= 0.6 is 23.5 Å². The van der Waals surface area contributed by atoms with E-state index >= 15 is 0 Å². The number of benzene rings is 1. The number of aryl methyl sites for hydroxylation is 1. The van der Waals surface area contributed by atoms with E-state index in [1.54, 1.807) is 23.9 Å². The summed E-state index contributed by atoms with van der Waals surface area (Å²) < 4.78 is 31.6. The molecule has 0 aliphatic rings. The first-order chi connectivity index (χ1) is 9.90. The molecule has 0 radical (unpaired) electrons. The van der Waals surface area contributed by atoms with Crippen LogP contribution in [0, 0.1) is 6.92 Å². The number of hydrogen-bond donors (Lipinski definition) is 1. The van der Waals surface area contributed by atoms with Gasteiger partial charge in [0, 0.05) is 10.8 Å². The van der Waals surface area contributed by atoms with Crippen LogP contribution in [0.2, 0.25) is 0 Å². The standard InChI is InChI=1S/C13H19NO4S3/c1-10-4-6-11(7-5-10)21(16,17)14-12(13(15)18-2)8-20-9-19-3/h4-7,12,14H,8-9H2,1-3H3. The minimum atomic E-state index is -3.74. The summed E-state index contributed by atoms with van der Waals surface area (Å²) in [5.41, 5.74) is 0.967. The molecular weight excluding hydrogens is 330 g/mol. The van der Waals surface area contributed by atoms with Gasteiger partial charge in [0.1, 0.15) is 6.04 Å². The van der Waals surface area contributed by atoms with Crippen molar-refractivity contribution in [2.45, 2.75) is 17.9 Å². The summed E-state index contributed by atoms with van der Waals surface area (Å²) in [4.78, 5) is 11.8. The van der Waals surface area contributed by atoms with Crippen molar-refractivity contribution >= 4 is 39.5 Å². The Kier molecular flexibility index (Phi) is 7.58. The minimum Gasteiger partial charge on any atom is -0.468 e. The van der Waals surface area contributed by atoms with E-state index in [0.29, 0.717) is 5.75 Å². The Bertz CT molecular complexity index is 557. The van der Waals surface area contributed by atoms with Crippen molar-refractivity contribution in [3.05, 3.63) is 29.8 Å². The molecule has 1 unspecified atom stereocenters. The van der Waals surface area contributed by atoms with Gasteiger partial charge in [-0.25, -0.2) is 8.42 Å². The average molecular weight is 349 g/mol. The maximum Gasteiger partial charge on any atom is 0.324 e. The largest absolute Gasteiger partial charge is 0.468 e. The molecule has 1 aromatic rings. The van der Waals surface area contributed by atoms with Crippen LogP contribution in [0.15, 0.2) is 29.2 Å². The fourth-order valence-electron chi connectivity index (χ4n) is 1.51. The van der Waals surface area contributed by atoms with E-state index in [1.807, 2.05) is 13.2 Å². The van der Waals surface area contributed by atoms with Gasteiger partial charge >= 0.3 is 5.97 Å². The number of esters is 1. The monoisotopic (exact) mass is 349 g/mol. The lowest BCUT2D eigenvalue weighted by Crippen LogP contribution is -2.43. The van der Waals surface area contributed by atoms with E-state index in [-0.39, 0.29) is 4.90 Å². The van der Waals surface area contributed by atoms with Crippen LogP contribution in [0.1, 0.15) is 5.56 Å². The Balaban J connectivity index is 2.85. The molecule has 0 aliphatic heterocycles. The molecule has 0 heterocycles. The number of rotatable bonds is 8. The molecule has 0 bridgehead atoms. The Hall–Kier alpha value is -0.700. The van der Waals surface area contributed by atoms with Gasteiger partial charge in [-0.05, 0) is 25.3 Å². The highest BCUT2D eigenvalue weighted by Crippen LogP contribution is 2.14. The van der Waals surface area contributed by atoms with Gasteiger partial charge in [0.25, 0.3) is 0 Å². The normalized spacial score (nSPS) is 12.9. The summed E-state index contributed by atoms with van der Waals surface area (Å²) in [5, 5.41) is 0.778. The van der Waals surface area contributed by atoms with E-state index in [0.717, 1.165) is 10.6 Å². The zero-order valence-electron chi connectivity index (χ0n) is 12.2. The first-order valence-electron chi connectivity index (χ1n) is 6.14. The molecular formula is C13H19NO4S3. The van der Waals surface area contributed by atoms with Gasteiger partial charge in [0.05, 0.1) is 12.0 Å². The number of sulfonamides is 1. The van der Waals surface area contributed by atoms with Gasteiger partial charge in [-0.3, -0.25) is 4.79 Å². The summed E-state index contributed by atoms with van der Waals surface area (Å²) in [6, 6.07) is 5.56. The SMILES string of the molecule is COC(=O)C(CSCSC)NS(=O)(=O)c1ccc(C)cc1. The summed E-state index contributed by atoms with van der Waals surface area (Å²) in [6.07, 6.45) is 1.94. The lowest BCUT2D eigenvalue weighted by Gasteiger charge is -2.16. The van der Waals surface area contributed by atoms with Gasteiger partial charge in [-0.15, -0.1) is 11.8 Å². The molecule has 1 N–H and O–H groups in total. The number of carbonyl (C=O) groups is 1. The van der Waals surface area contributed by atoms with Gasteiger partial charge in [0.2, 0.25) is 10.0 Å². The molecule has 1 aromatic carbocycles. The second kappa shape index (κ2) is 8.67. The zero-order valence-corrected chi connectivity index (χ0v) is 14.6. The molecule has 0 amide bonds. The van der Waals surface area contributed by atoms with Crippen molar-refractivity contribution in [2.24, 2.45) is 0 Å². The molecule has 5 nitrogen and oxygen atoms in total. The first kappa shape index (κ1) is 18.3. The molecule has 21 heavy (non-hydrogen) atoms. The predicted octanol–water partition coefficient (Wildman–Crippen LogP) is 1.87. The van der Waals surface area contributed by atoms with Crippen LogP contribution in [-0.4, -0.2) is 44.6 Å². The number of carbonyl (C=O) groups excluding carboxylic acids is 1. The van der Waals surface area contributed by atoms with Crippen LogP contribution in [0.25, 0.3) is 0 Å². The summed E-state index contributed by atoms with van der Waals surface area (Å²) in [5.74, 6) is -0.252. The van der Waals surface area contributed by atoms with Crippen molar-refractivity contribution in [3.8, 4) is 0 Å². The van der Waals surface area contributed by atoms with Crippen LogP contribution in [-0.2, 0) is 19.6 Å². The lowest BCUT2D eigenvalue weighted by molar-refractivity contribution is -0.141. The highest BCUT2D eigenvalue weighted by molar-refractivity contribution is 8.15. The second-order valence-electron chi connectivity index (χ2n) is 4.29. The maximum atomic E-state index is 12.3. The van der Waals surface area contributed by atoms with Gasteiger partial charge < -0.3 is 4.74 Å². The molecule has 8 heteroatoms. The number of thioether (sulfide) groups is 2. The highest BCUT2D eigenvalue weighted by Gasteiger charge is 2.26. The third kappa shape index (κ3) is 5.90. The molecule has 0 aromatic heterocycles. The average Bonchev–Trinajstić information content (AvgIpc) is 2.46. The van der Waals surface area contributed by atoms with Crippen LogP contribution in [0.4, 0.5) is 0 Å². The molecule has 0 aliphatic carbocycles. The number of hydrogen-bond acceptors (Lipinski definition) is 6. The van der Waals surface area contributed by atoms with Gasteiger partial charge in [0.15, 0.2) is 0 Å². The molecule has 1 rings (SSSR count). The van der Waals surface area contributed by atoms with Gasteiger partial charge in [-0.2, -0.15) is 16.5 Å². The molecule has 0 saturated heterocycles. The number of ether oxygens (including phenoxy) is 1. The van der Waals surface area contributed by atoms with E-state index < -0.39 is 22.0 Å². The van der Waals surface area contributed by atoms with Crippen molar-refractivity contribution in [3.63, 3.8) is 0 Å². The van der Waals surface area contributed by atoms with Crippen LogP contribution < -0.4 is 4.72 Å². The summed E-state index contributed by atoms with van der Waals surface area (Å²) in [6.45, 7) is 1.88. The van der Waals surface area contributed by atoms with Crippen LogP contribution in [0.5, 0.6) is 0 Å². The second-order valence-corrected chi connectivity index (χ2v) is 8.26. The van der Waals surface area contributed by atoms with Gasteiger partial charge in [-0.1, -0.05) is 17.7 Å². The molecule has 0 fully saturated rings. The Labute approximate surface area is 134 Å². The fraction of sp³-hybridized carbons (Fsp3) is 0.462. The van der Waals surface area contributed by atoms with Crippen molar-refractivity contribution in [1.82, 2.24) is 4.72 Å². The summed E-state index contributed by atoms with van der Waals surface area (Å²) >= 11 is 3.09. The number of methoxy groups -OCH3 is 1. The zero-order chi connectivity index (χ0) is 15.9. The quantitative estimate of drug-likeness (QED) is 0.439. The Morgan fingerprint density at radius 2 is 1.95 bits per heavy atom. The van der Waals surface area contributed by atoms with Crippen molar-refractivity contribution < 1.29 is 17.9 Å². The smallest absolute Gasteiger partial charge is 0.324 e. The lowest BCUT2D eigenvalue weighted by atomic mass is 10.2. The topological polar surface area (TPSA) is 72.5 Å². The summed E-state index contributed by atoms with van der Waals surface area (Å²) in [7, 11) is -2.49. The minimum absolute atomic E-state index is 0.136. The Morgan fingerprint density at radius 1 is 1.33 bits per heavy atom. The third-order valence-corrected chi connectivity index (χ3v) is 6.27. The van der Waals surface area contributed by atoms with Crippen molar-refractivity contribution in [2.75, 3.05) is 24.2 Å². The van der Waals surface area contributed by atoms with Crippen LogP contribution in [0.3, 0.4) is 0 Å². The first-order valence-corrected chi connectivity index (χ1v) is 10.2. The molecule has 118 valence electrons. The van der Waals surface area contributed by atoms with E-state index in [2.05, 4.69) is 9.46 Å². The van der Waals surface area contributed by atoms with Crippen molar-refractivity contribution in [1.29, 1.82) is 0 Å². The fourth-order valence-corrected chi connectivity index (χ4v) is 4.31. The number of nitrogens with one attached hydrogen (secondary N) is 1. The highest BCUT2D eigenvalue weighted by atomic mass is 32.2. The predicted molar refractivity (Wildman–Crippen MR) is 88.1 cm³/mol. The molecule has 1 atom stereocenters. The third-order valence-electron chi connectivity index (χ3n) is 2.60. The van der Waals surface area contributed by atoms with E-state index in [4.69, 9.17) is 0 Å². The maximum absolute atomic E-state index is 12.3. The van der Waals surface area contributed by atoms with E-state index in [1.165, 1.54) is 31.0 Å². The van der Waals surface area contributed by atoms with E-state index in [9.17, 15) is 13.2 Å². The molecule has 0 saturated carbocycles.